The number of aromatic nitrogens is 4. The Bertz CT molecular complexity index is 1490. The fourth-order valence-corrected chi connectivity index (χ4v) is 3.29. The Morgan fingerprint density at radius 2 is 1.69 bits per heavy atom. The average Bonchev–Trinajstić information content (AvgIpc) is 3.36. The van der Waals surface area contributed by atoms with E-state index in [1.807, 2.05) is 0 Å². The van der Waals surface area contributed by atoms with Crippen LogP contribution in [0.1, 0.15) is 11.5 Å². The summed E-state index contributed by atoms with van der Waals surface area (Å²) < 4.78 is 62.6. The van der Waals surface area contributed by atoms with Crippen LogP contribution in [-0.4, -0.2) is 20.2 Å². The molecule has 0 aliphatic heterocycles. The molecule has 3 aromatic carbocycles. The minimum absolute atomic E-state index is 0. The van der Waals surface area contributed by atoms with Gasteiger partial charge in [-0.15, -0.1) is 22.6 Å². The van der Waals surface area contributed by atoms with Crippen molar-refractivity contribution < 1.29 is 26.7 Å². The predicted molar refractivity (Wildman–Crippen MR) is 126 cm³/mol. The fourth-order valence-electron chi connectivity index (χ4n) is 3.29. The second kappa shape index (κ2) is 10.2. The van der Waals surface area contributed by atoms with E-state index in [0.717, 1.165) is 0 Å². The van der Waals surface area contributed by atoms with Crippen molar-refractivity contribution in [2.24, 2.45) is 0 Å². The van der Waals surface area contributed by atoms with Gasteiger partial charge >= 0.3 is 12.1 Å². The van der Waals surface area contributed by atoms with Crippen LogP contribution in [0.5, 0.6) is 5.75 Å². The molecule has 0 fully saturated rings. The van der Waals surface area contributed by atoms with Gasteiger partial charge in [-0.2, -0.15) is 13.2 Å². The fraction of sp³-hybridized carbons (Fsp3) is 0.0833. The summed E-state index contributed by atoms with van der Waals surface area (Å²) in [6, 6.07) is 18.0. The molecular weight excluding hydrogens is 502 g/mol. The van der Waals surface area contributed by atoms with Crippen molar-refractivity contribution in [3.05, 3.63) is 90.3 Å². The molecule has 0 aliphatic carbocycles. The number of alkyl halides is 3. The molecule has 0 bridgehead atoms. The molecular formula is C24H16ClF4N5O2. The summed E-state index contributed by atoms with van der Waals surface area (Å²) in [6.07, 6.45) is -3.37. The molecule has 0 radical (unpaired) electrons. The van der Waals surface area contributed by atoms with E-state index in [1.54, 1.807) is 54.6 Å². The Balaban J connectivity index is 0.00000304. The monoisotopic (exact) mass is 517 g/mol. The largest absolute Gasteiger partial charge is 0.489 e. The van der Waals surface area contributed by atoms with Crippen molar-refractivity contribution in [2.45, 2.75) is 12.8 Å². The highest BCUT2D eigenvalue weighted by Crippen LogP contribution is 2.32. The topological polar surface area (TPSA) is 86.0 Å². The van der Waals surface area contributed by atoms with Crippen molar-refractivity contribution >= 4 is 34.8 Å². The number of rotatable bonds is 6. The SMILES string of the molecule is Cl.Fc1ccccc1COc1ccc(Nc2ncnc3ccc(-c4nnc(C(F)(F)F)o4)cc23)cc1. The van der Waals surface area contributed by atoms with Crippen LogP contribution in [0.25, 0.3) is 22.4 Å². The summed E-state index contributed by atoms with van der Waals surface area (Å²) in [4.78, 5) is 8.44. The molecule has 0 saturated carbocycles. The number of nitrogens with one attached hydrogen (secondary N) is 1. The Hall–Kier alpha value is -4.25. The van der Waals surface area contributed by atoms with Crippen LogP contribution in [0, 0.1) is 5.82 Å². The highest BCUT2D eigenvalue weighted by molar-refractivity contribution is 5.93. The Morgan fingerprint density at radius 3 is 2.42 bits per heavy atom. The molecule has 5 rings (SSSR count). The Labute approximate surface area is 207 Å². The zero-order chi connectivity index (χ0) is 24.4. The zero-order valence-electron chi connectivity index (χ0n) is 18.2. The van der Waals surface area contributed by atoms with Crippen LogP contribution in [0.3, 0.4) is 0 Å². The molecule has 36 heavy (non-hydrogen) atoms. The molecule has 1 N–H and O–H groups in total. The van der Waals surface area contributed by atoms with Gasteiger partial charge in [-0.25, -0.2) is 14.4 Å². The van der Waals surface area contributed by atoms with Gasteiger partial charge < -0.3 is 14.5 Å². The lowest BCUT2D eigenvalue weighted by molar-refractivity contribution is -0.156. The first-order valence-electron chi connectivity index (χ1n) is 10.3. The highest BCUT2D eigenvalue weighted by atomic mass is 35.5. The van der Waals surface area contributed by atoms with Gasteiger partial charge in [-0.05, 0) is 48.5 Å². The summed E-state index contributed by atoms with van der Waals surface area (Å²) in [6.45, 7) is 0.0878. The lowest BCUT2D eigenvalue weighted by Crippen LogP contribution is -2.04. The molecule has 5 aromatic rings. The van der Waals surface area contributed by atoms with Crippen molar-refractivity contribution in [3.8, 4) is 17.2 Å². The van der Waals surface area contributed by atoms with E-state index in [1.165, 1.54) is 18.5 Å². The number of hydrogen-bond acceptors (Lipinski definition) is 7. The van der Waals surface area contributed by atoms with Gasteiger partial charge in [0.15, 0.2) is 0 Å². The standard InChI is InChI=1S/C24H15F4N5O2.ClH/c25-19-4-2-1-3-15(19)12-34-17-8-6-16(7-9-17)31-21-18-11-14(5-10-20(18)29-13-30-21)22-32-33-23(35-22)24(26,27)28;/h1-11,13H,12H2,(H,29,30,31);1H. The van der Waals surface area contributed by atoms with E-state index >= 15 is 0 Å². The molecule has 184 valence electrons. The number of fused-ring (bicyclic) bond motifs is 1. The normalized spacial score (nSPS) is 11.2. The molecule has 0 unspecified atom stereocenters. The van der Waals surface area contributed by atoms with Gasteiger partial charge in [0, 0.05) is 22.2 Å². The van der Waals surface area contributed by atoms with Gasteiger partial charge in [0.05, 0.1) is 5.52 Å². The minimum Gasteiger partial charge on any atom is -0.489 e. The summed E-state index contributed by atoms with van der Waals surface area (Å²) in [5.74, 6) is -1.06. The number of ether oxygens (including phenoxy) is 1. The number of hydrogen-bond donors (Lipinski definition) is 1. The molecule has 0 atom stereocenters. The Kier molecular flexibility index (Phi) is 7.02. The van der Waals surface area contributed by atoms with Gasteiger partial charge in [0.2, 0.25) is 5.89 Å². The molecule has 0 amide bonds. The first kappa shape index (κ1) is 24.9. The van der Waals surface area contributed by atoms with Crippen LogP contribution in [0.15, 0.2) is 77.5 Å². The van der Waals surface area contributed by atoms with Gasteiger partial charge in [-0.3, -0.25) is 0 Å². The lowest BCUT2D eigenvalue weighted by Gasteiger charge is -2.11. The molecule has 2 heterocycles. The predicted octanol–water partition coefficient (Wildman–Crippen LogP) is 6.58. The summed E-state index contributed by atoms with van der Waals surface area (Å²) in [7, 11) is 0. The van der Waals surface area contributed by atoms with E-state index in [9.17, 15) is 17.6 Å². The number of anilines is 2. The molecule has 2 aromatic heterocycles. The smallest absolute Gasteiger partial charge is 0.470 e. The zero-order valence-corrected chi connectivity index (χ0v) is 19.0. The highest BCUT2D eigenvalue weighted by Gasteiger charge is 2.38. The number of nitrogens with zero attached hydrogens (tertiary/aromatic N) is 4. The van der Waals surface area contributed by atoms with Crippen LogP contribution in [0.2, 0.25) is 0 Å². The molecule has 0 spiro atoms. The molecule has 12 heteroatoms. The average molecular weight is 518 g/mol. The maximum Gasteiger partial charge on any atom is 0.470 e. The molecule has 7 nitrogen and oxygen atoms in total. The Morgan fingerprint density at radius 1 is 0.917 bits per heavy atom. The quantitative estimate of drug-likeness (QED) is 0.254. The maximum atomic E-state index is 13.8. The van der Waals surface area contributed by atoms with E-state index in [0.29, 0.717) is 33.7 Å². The number of benzene rings is 3. The first-order chi connectivity index (χ1) is 16.9. The van der Waals surface area contributed by atoms with E-state index in [2.05, 4.69) is 25.5 Å². The summed E-state index contributed by atoms with van der Waals surface area (Å²) in [5.41, 5.74) is 1.97. The third kappa shape index (κ3) is 5.36. The second-order valence-electron chi connectivity index (χ2n) is 7.39. The summed E-state index contributed by atoms with van der Waals surface area (Å²) >= 11 is 0. The van der Waals surface area contributed by atoms with Crippen molar-refractivity contribution in [3.63, 3.8) is 0 Å². The van der Waals surface area contributed by atoms with E-state index in [-0.39, 0.29) is 36.3 Å². The van der Waals surface area contributed by atoms with Crippen molar-refractivity contribution in [2.75, 3.05) is 5.32 Å². The van der Waals surface area contributed by atoms with Crippen molar-refractivity contribution in [1.29, 1.82) is 0 Å². The van der Waals surface area contributed by atoms with Gasteiger partial charge in [0.1, 0.15) is 30.3 Å². The molecule has 0 saturated heterocycles. The van der Waals surface area contributed by atoms with Crippen LogP contribution >= 0.6 is 12.4 Å². The third-order valence-electron chi connectivity index (χ3n) is 5.02. The van der Waals surface area contributed by atoms with Gasteiger partial charge in [-0.1, -0.05) is 18.2 Å². The van der Waals surface area contributed by atoms with E-state index in [4.69, 9.17) is 9.15 Å². The maximum absolute atomic E-state index is 13.8. The van der Waals surface area contributed by atoms with Gasteiger partial charge in [0.25, 0.3) is 0 Å². The number of halogens is 5. The van der Waals surface area contributed by atoms with Crippen LogP contribution in [-0.2, 0) is 12.8 Å². The van der Waals surface area contributed by atoms with Crippen molar-refractivity contribution in [1.82, 2.24) is 20.2 Å². The lowest BCUT2D eigenvalue weighted by atomic mass is 10.1. The minimum atomic E-state index is -4.73. The molecule has 0 aliphatic rings. The van der Waals surface area contributed by atoms with Crippen LogP contribution in [0.4, 0.5) is 29.1 Å². The summed E-state index contributed by atoms with van der Waals surface area (Å²) in [5, 5.41) is 10.2. The second-order valence-corrected chi connectivity index (χ2v) is 7.39. The first-order valence-corrected chi connectivity index (χ1v) is 10.3. The van der Waals surface area contributed by atoms with Crippen LogP contribution < -0.4 is 10.1 Å². The third-order valence-corrected chi connectivity index (χ3v) is 5.02. The van der Waals surface area contributed by atoms with E-state index < -0.39 is 12.1 Å².